The molecule has 0 heteroatoms. The lowest BCUT2D eigenvalue weighted by atomic mass is 9.91. The minimum Gasteiger partial charge on any atom is -0.0616 e. The van der Waals surface area contributed by atoms with Crippen LogP contribution in [0.5, 0.6) is 0 Å². The van der Waals surface area contributed by atoms with E-state index in [1.165, 1.54) is 0 Å². The van der Waals surface area contributed by atoms with Crippen molar-refractivity contribution >= 4 is 43.1 Å². The third-order valence-electron chi connectivity index (χ3n) is 3.44. The Labute approximate surface area is 133 Å². The van der Waals surface area contributed by atoms with E-state index < -0.39 is 72.5 Å². The number of hydrogen-bond acceptors (Lipinski definition) is 0. The van der Waals surface area contributed by atoms with Gasteiger partial charge in [-0.1, -0.05) is 66.5 Å². The highest BCUT2D eigenvalue weighted by molar-refractivity contribution is 6.28. The van der Waals surface area contributed by atoms with Crippen LogP contribution in [0.15, 0.2) is 72.5 Å². The molecule has 20 heavy (non-hydrogen) atoms. The third kappa shape index (κ3) is 1.16. The van der Waals surface area contributed by atoms with Gasteiger partial charge in [0.15, 0.2) is 0 Å². The van der Waals surface area contributed by atoms with Crippen LogP contribution in [-0.2, 0) is 0 Å². The van der Waals surface area contributed by atoms with Crippen molar-refractivity contribution in [1.82, 2.24) is 0 Å². The third-order valence-corrected chi connectivity index (χ3v) is 3.44. The van der Waals surface area contributed by atoms with Crippen molar-refractivity contribution < 1.29 is 16.4 Å². The zero-order valence-corrected chi connectivity index (χ0v) is 10.0. The van der Waals surface area contributed by atoms with Crippen molar-refractivity contribution in [2.45, 2.75) is 0 Å². The van der Waals surface area contributed by atoms with E-state index >= 15 is 0 Å². The summed E-state index contributed by atoms with van der Waals surface area (Å²) in [5.41, 5.74) is 0. The molecule has 0 spiro atoms. The molecule has 0 radical (unpaired) electrons. The summed E-state index contributed by atoms with van der Waals surface area (Å²) < 4.78 is 100. The number of benzene rings is 5. The second-order valence-corrected chi connectivity index (χ2v) is 4.50. The highest BCUT2D eigenvalue weighted by Gasteiger charge is 2.09. The molecule has 0 nitrogen and oxygen atoms in total. The SMILES string of the molecule is [2H]c1c([2H])c([2H])c2c(c1[2H])c([2H])c1c([2H])c([2H])c3c([2H])c([2H])c([2H])c4c([2H])c([2H])c2c1c34. The fourth-order valence-corrected chi connectivity index (χ4v) is 2.59. The summed E-state index contributed by atoms with van der Waals surface area (Å²) in [4.78, 5) is 0. The van der Waals surface area contributed by atoms with E-state index in [1.807, 2.05) is 0 Å². The molecule has 0 unspecified atom stereocenters. The number of fused-ring (bicyclic) bond motifs is 2. The standard InChI is InChI=1S/C20H12/c1-2-7-17-15(4-1)12-16-9-8-13-5-3-6-14-10-11-18(17)20(16)19(13)14/h1-12H/i1D,2D,3D,4D,5D,6D,7D,8D,9D,10D,11D,12D. The Balaban J connectivity index is 2.38. The highest BCUT2D eigenvalue weighted by atomic mass is 14.1. The lowest BCUT2D eigenvalue weighted by Crippen LogP contribution is -1.85. The van der Waals surface area contributed by atoms with Crippen molar-refractivity contribution in [3.8, 4) is 0 Å². The van der Waals surface area contributed by atoms with Crippen LogP contribution in [0.3, 0.4) is 0 Å². The Bertz CT molecular complexity index is 1660. The predicted octanol–water partition coefficient (Wildman–Crippen LogP) is 5.74. The summed E-state index contributed by atoms with van der Waals surface area (Å²) in [5.74, 6) is 0. The average molecular weight is 264 g/mol. The van der Waals surface area contributed by atoms with Gasteiger partial charge in [-0.15, -0.1) is 0 Å². The van der Waals surface area contributed by atoms with E-state index in [0.29, 0.717) is 0 Å². The summed E-state index contributed by atoms with van der Waals surface area (Å²) in [6, 6.07) is -6.04. The minimum atomic E-state index is -0.584. The summed E-state index contributed by atoms with van der Waals surface area (Å²) in [5, 5.41) is -0.877. The molecule has 0 atom stereocenters. The molecule has 0 aliphatic rings. The maximum Gasteiger partial charge on any atom is 0.0636 e. The van der Waals surface area contributed by atoms with E-state index in [-0.39, 0.29) is 43.1 Å². The van der Waals surface area contributed by atoms with Gasteiger partial charge in [0.25, 0.3) is 0 Å². The zero-order chi connectivity index (χ0) is 23.5. The van der Waals surface area contributed by atoms with Gasteiger partial charge in [0.1, 0.15) is 0 Å². The molecule has 0 aromatic heterocycles. The molecule has 0 fully saturated rings. The molecule has 0 N–H and O–H groups in total. The van der Waals surface area contributed by atoms with Gasteiger partial charge >= 0.3 is 0 Å². The molecule has 0 aliphatic heterocycles. The van der Waals surface area contributed by atoms with Crippen molar-refractivity contribution in [1.29, 1.82) is 0 Å². The normalized spacial score (nSPS) is 20.4. The Morgan fingerprint density at radius 1 is 0.500 bits per heavy atom. The van der Waals surface area contributed by atoms with E-state index in [1.54, 1.807) is 0 Å². The maximum absolute atomic E-state index is 8.70. The first-order valence-corrected chi connectivity index (χ1v) is 6.00. The van der Waals surface area contributed by atoms with Crippen LogP contribution in [0.4, 0.5) is 0 Å². The Kier molecular flexibility index (Phi) is 0.731. The van der Waals surface area contributed by atoms with Crippen molar-refractivity contribution in [2.75, 3.05) is 0 Å². The van der Waals surface area contributed by atoms with Crippen LogP contribution in [0.2, 0.25) is 0 Å². The number of rotatable bonds is 0. The van der Waals surface area contributed by atoms with E-state index in [2.05, 4.69) is 0 Å². The predicted molar refractivity (Wildman–Crippen MR) is 87.7 cm³/mol. The summed E-state index contributed by atoms with van der Waals surface area (Å²) in [7, 11) is 0. The monoisotopic (exact) mass is 264 g/mol. The second-order valence-electron chi connectivity index (χ2n) is 4.50. The van der Waals surface area contributed by atoms with Gasteiger partial charge in [0, 0.05) is 0 Å². The maximum atomic E-state index is 8.70. The molecule has 0 heterocycles. The first-order valence-electron chi connectivity index (χ1n) is 12.0. The van der Waals surface area contributed by atoms with Crippen LogP contribution in [0, 0.1) is 0 Å². The zero-order valence-electron chi connectivity index (χ0n) is 22.0. The Hall–Kier alpha value is -2.60. The van der Waals surface area contributed by atoms with Gasteiger partial charge in [0.2, 0.25) is 0 Å². The molecule has 0 amide bonds. The van der Waals surface area contributed by atoms with Crippen LogP contribution in [0.1, 0.15) is 16.4 Å². The van der Waals surface area contributed by atoms with Gasteiger partial charge < -0.3 is 0 Å². The molecule has 0 aliphatic carbocycles. The smallest absolute Gasteiger partial charge is 0.0616 e. The fourth-order valence-electron chi connectivity index (χ4n) is 2.59. The Morgan fingerprint density at radius 2 is 1.20 bits per heavy atom. The molecule has 0 saturated heterocycles. The quantitative estimate of drug-likeness (QED) is 0.247. The summed E-state index contributed by atoms with van der Waals surface area (Å²) in [6.45, 7) is 0. The molecule has 92 valence electrons. The van der Waals surface area contributed by atoms with Crippen molar-refractivity contribution in [3.05, 3.63) is 72.5 Å². The second kappa shape index (κ2) is 3.49. The summed E-state index contributed by atoms with van der Waals surface area (Å²) >= 11 is 0. The van der Waals surface area contributed by atoms with Gasteiger partial charge in [-0.3, -0.25) is 0 Å². The van der Waals surface area contributed by atoms with Crippen molar-refractivity contribution in [3.63, 3.8) is 0 Å². The molecular formula is C20H12. The van der Waals surface area contributed by atoms with Gasteiger partial charge in [0.05, 0.1) is 16.4 Å². The largest absolute Gasteiger partial charge is 0.0636 e. The number of hydrogen-bond donors (Lipinski definition) is 0. The molecule has 0 saturated carbocycles. The molecule has 5 aromatic carbocycles. The van der Waals surface area contributed by atoms with E-state index in [9.17, 15) is 0 Å². The Morgan fingerprint density at radius 3 is 2.10 bits per heavy atom. The van der Waals surface area contributed by atoms with E-state index in [0.717, 1.165) is 0 Å². The highest BCUT2D eigenvalue weighted by Crippen LogP contribution is 2.38. The van der Waals surface area contributed by atoms with Gasteiger partial charge in [-0.2, -0.15) is 0 Å². The first-order chi connectivity index (χ1) is 14.9. The lowest BCUT2D eigenvalue weighted by molar-refractivity contribution is 1.78. The van der Waals surface area contributed by atoms with Crippen LogP contribution in [0.25, 0.3) is 43.1 Å². The molecule has 5 aromatic rings. The van der Waals surface area contributed by atoms with E-state index in [4.69, 9.17) is 16.4 Å². The van der Waals surface area contributed by atoms with Crippen LogP contribution < -0.4 is 0 Å². The summed E-state index contributed by atoms with van der Waals surface area (Å²) in [6.07, 6.45) is 0. The van der Waals surface area contributed by atoms with Crippen LogP contribution in [-0.4, -0.2) is 0 Å². The molecule has 0 bridgehead atoms. The van der Waals surface area contributed by atoms with Crippen LogP contribution >= 0.6 is 0 Å². The molecular weight excluding hydrogens is 240 g/mol. The fraction of sp³-hybridized carbons (Fsp3) is 0. The topological polar surface area (TPSA) is 0 Å². The van der Waals surface area contributed by atoms with Gasteiger partial charge in [-0.25, -0.2) is 0 Å². The first kappa shape index (κ1) is 4.20. The van der Waals surface area contributed by atoms with Crippen molar-refractivity contribution in [2.24, 2.45) is 0 Å². The van der Waals surface area contributed by atoms with Gasteiger partial charge in [-0.05, 0) is 49.1 Å². The lowest BCUT2D eigenvalue weighted by Gasteiger charge is -2.12. The average Bonchev–Trinajstić information content (AvgIpc) is 2.75. The minimum absolute atomic E-state index is 0.0193. The molecule has 5 rings (SSSR count).